The minimum atomic E-state index is -0.426. The number of urea groups is 1. The number of rotatable bonds is 14. The van der Waals surface area contributed by atoms with Gasteiger partial charge in [-0.3, -0.25) is 10.3 Å². The van der Waals surface area contributed by atoms with E-state index in [0.717, 1.165) is 59.3 Å². The number of hydrogen-bond donors (Lipinski definition) is 5. The number of benzene rings is 3. The smallest absolute Gasteiger partial charge is 0.324 e. The number of aromatic nitrogens is 3. The molecule has 0 unspecified atom stereocenters. The van der Waals surface area contributed by atoms with Gasteiger partial charge in [-0.1, -0.05) is 55.3 Å². The number of aryl methyl sites for hydroxylation is 1. The van der Waals surface area contributed by atoms with Gasteiger partial charge in [-0.05, 0) is 80.6 Å². The summed E-state index contributed by atoms with van der Waals surface area (Å²) in [7, 11) is 0. The molecule has 0 bridgehead atoms. The van der Waals surface area contributed by atoms with Crippen molar-refractivity contribution in [1.82, 2.24) is 20.3 Å². The van der Waals surface area contributed by atoms with Gasteiger partial charge in [0, 0.05) is 41.5 Å². The van der Waals surface area contributed by atoms with E-state index < -0.39 is 6.03 Å². The van der Waals surface area contributed by atoms with Crippen molar-refractivity contribution in [1.29, 1.82) is 5.41 Å². The average Bonchev–Trinajstić information content (AvgIpc) is 3.67. The Morgan fingerprint density at radius 2 is 1.76 bits per heavy atom. The number of unbranched alkanes of at least 4 members (excludes halogenated alkanes) is 1. The van der Waals surface area contributed by atoms with Gasteiger partial charge in [0.05, 0.1) is 18.1 Å². The molecule has 50 heavy (non-hydrogen) atoms. The first-order valence-corrected chi connectivity index (χ1v) is 17.1. The first-order valence-electron chi connectivity index (χ1n) is 17.1. The van der Waals surface area contributed by atoms with Gasteiger partial charge in [0.15, 0.2) is 5.82 Å². The Morgan fingerprint density at radius 3 is 2.56 bits per heavy atom. The maximum Gasteiger partial charge on any atom is 0.324 e. The number of amides is 2. The quantitative estimate of drug-likeness (QED) is 0.0741. The highest BCUT2D eigenvalue weighted by Crippen LogP contribution is 2.32. The van der Waals surface area contributed by atoms with Crippen molar-refractivity contribution >= 4 is 51.3 Å². The van der Waals surface area contributed by atoms with Crippen molar-refractivity contribution in [2.24, 2.45) is 0 Å². The highest BCUT2D eigenvalue weighted by atomic mass is 16.5. The molecule has 3 heterocycles. The summed E-state index contributed by atoms with van der Waals surface area (Å²) in [6.45, 7) is 6.42. The molecule has 0 aliphatic carbocycles. The molecule has 1 aliphatic heterocycles. The molecule has 11 nitrogen and oxygen atoms in total. The van der Waals surface area contributed by atoms with Crippen LogP contribution in [-0.4, -0.2) is 39.8 Å². The van der Waals surface area contributed by atoms with Crippen LogP contribution in [0.15, 0.2) is 103 Å². The number of allylic oxidation sites excluding steroid dienone is 1. The first kappa shape index (κ1) is 33.9. The lowest BCUT2D eigenvalue weighted by molar-refractivity contribution is 0.254. The summed E-state index contributed by atoms with van der Waals surface area (Å²) in [5.41, 5.74) is 3.95. The van der Waals surface area contributed by atoms with Gasteiger partial charge in [-0.15, -0.1) is 0 Å². The molecule has 0 radical (unpaired) electrons. The number of pyridine rings is 1. The summed E-state index contributed by atoms with van der Waals surface area (Å²) in [6, 6.07) is 22.8. The van der Waals surface area contributed by atoms with Crippen LogP contribution in [0.25, 0.3) is 10.8 Å². The standard InChI is InChI=1S/C39H43N9O2/c1-3-4-9-29(40)23-36(43-30-14-12-27(2)13-15-30)47-39(49)44-33-16-17-34(32-11-6-5-10-31(32)33)50-26-28-18-19-42-35(22-28)45-37-24-41-25-38(46-37)48-20-7-8-21-48/h5-6,10-19,22-25,40,43H,3-4,7-9,20-21,26H2,1-2H3,(H,42,45,46)(H2,44,47,49)/b36-23+,40-29?. The van der Waals surface area contributed by atoms with Crippen LogP contribution in [-0.2, 0) is 6.61 Å². The van der Waals surface area contributed by atoms with Crippen molar-refractivity contribution in [3.8, 4) is 5.75 Å². The Morgan fingerprint density at radius 1 is 0.960 bits per heavy atom. The van der Waals surface area contributed by atoms with Crippen molar-refractivity contribution in [3.05, 3.63) is 114 Å². The number of nitrogens with one attached hydrogen (secondary N) is 5. The number of hydrogen-bond acceptors (Lipinski definition) is 9. The first-order chi connectivity index (χ1) is 24.4. The lowest BCUT2D eigenvalue weighted by atomic mass is 10.1. The van der Waals surface area contributed by atoms with E-state index in [2.05, 4.69) is 43.1 Å². The van der Waals surface area contributed by atoms with Gasteiger partial charge in [-0.2, -0.15) is 0 Å². The number of carbonyl (C=O) groups is 1. The molecule has 5 aromatic rings. The predicted molar refractivity (Wildman–Crippen MR) is 202 cm³/mol. The van der Waals surface area contributed by atoms with E-state index in [9.17, 15) is 4.79 Å². The number of ether oxygens (including phenoxy) is 1. The van der Waals surface area contributed by atoms with Crippen LogP contribution in [0.4, 0.5) is 33.6 Å². The van der Waals surface area contributed by atoms with Crippen molar-refractivity contribution < 1.29 is 9.53 Å². The Bertz CT molecular complexity index is 1970. The van der Waals surface area contributed by atoms with Gasteiger partial charge in [0.25, 0.3) is 0 Å². The predicted octanol–water partition coefficient (Wildman–Crippen LogP) is 8.54. The number of anilines is 5. The number of carbonyl (C=O) groups excluding carboxylic acids is 1. The minimum Gasteiger partial charge on any atom is -0.488 e. The summed E-state index contributed by atoms with van der Waals surface area (Å²) in [5.74, 6) is 3.27. The molecule has 6 rings (SSSR count). The van der Waals surface area contributed by atoms with Gasteiger partial charge in [0.2, 0.25) is 0 Å². The van der Waals surface area contributed by atoms with E-state index in [0.29, 0.717) is 47.6 Å². The van der Waals surface area contributed by atoms with E-state index in [4.69, 9.17) is 15.1 Å². The summed E-state index contributed by atoms with van der Waals surface area (Å²) >= 11 is 0. The van der Waals surface area contributed by atoms with Crippen LogP contribution in [0.5, 0.6) is 5.75 Å². The zero-order valence-corrected chi connectivity index (χ0v) is 28.5. The molecular weight excluding hydrogens is 626 g/mol. The molecule has 1 aliphatic rings. The lowest BCUT2D eigenvalue weighted by Gasteiger charge is -2.17. The molecule has 0 spiro atoms. The Balaban J connectivity index is 1.12. The summed E-state index contributed by atoms with van der Waals surface area (Å²) < 4.78 is 6.31. The van der Waals surface area contributed by atoms with E-state index in [-0.39, 0.29) is 0 Å². The van der Waals surface area contributed by atoms with Gasteiger partial charge in [-0.25, -0.2) is 14.8 Å². The van der Waals surface area contributed by atoms with Crippen LogP contribution in [0.2, 0.25) is 0 Å². The van der Waals surface area contributed by atoms with Gasteiger partial charge < -0.3 is 31.0 Å². The largest absolute Gasteiger partial charge is 0.488 e. The molecule has 2 amide bonds. The summed E-state index contributed by atoms with van der Waals surface area (Å²) in [6.07, 6.45) is 11.8. The molecule has 0 saturated carbocycles. The van der Waals surface area contributed by atoms with Crippen molar-refractivity contribution in [3.63, 3.8) is 0 Å². The number of fused-ring (bicyclic) bond motifs is 1. The monoisotopic (exact) mass is 669 g/mol. The van der Waals surface area contributed by atoms with Crippen LogP contribution in [0, 0.1) is 12.3 Å². The van der Waals surface area contributed by atoms with Crippen molar-refractivity contribution in [2.75, 3.05) is 33.9 Å². The highest BCUT2D eigenvalue weighted by molar-refractivity contribution is 6.04. The third-order valence-corrected chi connectivity index (χ3v) is 8.36. The van der Waals surface area contributed by atoms with Gasteiger partial charge >= 0.3 is 6.03 Å². The molecular formula is C39H43N9O2. The Kier molecular flexibility index (Phi) is 11.1. The maximum atomic E-state index is 13.3. The fourth-order valence-electron chi connectivity index (χ4n) is 5.73. The normalized spacial score (nSPS) is 12.8. The minimum absolute atomic E-state index is 0.316. The third-order valence-electron chi connectivity index (χ3n) is 8.36. The molecule has 2 aromatic heterocycles. The molecule has 5 N–H and O–H groups in total. The van der Waals surface area contributed by atoms with Crippen LogP contribution < -0.4 is 30.9 Å². The van der Waals surface area contributed by atoms with E-state index in [1.807, 2.05) is 79.7 Å². The molecule has 3 aromatic carbocycles. The molecule has 11 heteroatoms. The fourth-order valence-corrected chi connectivity index (χ4v) is 5.73. The zero-order valence-electron chi connectivity index (χ0n) is 28.5. The second-order valence-electron chi connectivity index (χ2n) is 12.3. The van der Waals surface area contributed by atoms with Crippen molar-refractivity contribution in [2.45, 2.75) is 52.6 Å². The van der Waals surface area contributed by atoms with E-state index >= 15 is 0 Å². The van der Waals surface area contributed by atoms with E-state index in [1.165, 1.54) is 12.8 Å². The average molecular weight is 670 g/mol. The second kappa shape index (κ2) is 16.4. The Labute approximate surface area is 292 Å². The van der Waals surface area contributed by atoms with Crippen LogP contribution >= 0.6 is 0 Å². The second-order valence-corrected chi connectivity index (χ2v) is 12.3. The van der Waals surface area contributed by atoms with Crippen LogP contribution in [0.3, 0.4) is 0 Å². The molecule has 1 fully saturated rings. The SMILES string of the molecule is CCCCC(=N)/C=C(/NC(=O)Nc1ccc(OCc2ccnc(Nc3cncc(N4CCCC4)n3)c2)c2ccccc12)Nc1ccc(C)cc1. The fraction of sp³-hybridized carbons (Fsp3) is 0.256. The van der Waals surface area contributed by atoms with E-state index in [1.54, 1.807) is 24.7 Å². The lowest BCUT2D eigenvalue weighted by Crippen LogP contribution is -2.31. The summed E-state index contributed by atoms with van der Waals surface area (Å²) in [5, 5.41) is 22.5. The highest BCUT2D eigenvalue weighted by Gasteiger charge is 2.15. The molecule has 1 saturated heterocycles. The maximum absolute atomic E-state index is 13.3. The number of nitrogens with zero attached hydrogens (tertiary/aromatic N) is 4. The molecule has 0 atom stereocenters. The zero-order chi connectivity index (χ0) is 34.7. The topological polar surface area (TPSA) is 140 Å². The Hall–Kier alpha value is -5.97. The summed E-state index contributed by atoms with van der Waals surface area (Å²) in [4.78, 5) is 29.1. The molecule has 256 valence electrons. The van der Waals surface area contributed by atoms with Gasteiger partial charge in [0.1, 0.15) is 29.8 Å². The third kappa shape index (κ3) is 9.13. The van der Waals surface area contributed by atoms with Crippen LogP contribution in [0.1, 0.15) is 50.2 Å².